The zero-order valence-corrected chi connectivity index (χ0v) is 21.9. The van der Waals surface area contributed by atoms with E-state index in [0.29, 0.717) is 31.7 Å². The second-order valence-electron chi connectivity index (χ2n) is 11.3. The Morgan fingerprint density at radius 1 is 0.846 bits per heavy atom. The lowest BCUT2D eigenvalue weighted by atomic mass is 9.74. The molecule has 1 saturated heterocycles. The van der Waals surface area contributed by atoms with Crippen LogP contribution in [0.15, 0.2) is 59.4 Å². The van der Waals surface area contributed by atoms with Gasteiger partial charge in [0.2, 0.25) is 5.91 Å². The number of nitrogens with one attached hydrogen (secondary N) is 2. The number of aromatic amines is 1. The SMILES string of the molecule is O=C(c1ccc(C2c3n[nH]c(=O)c4c3C(CCC4)NC2c2ccccc2)cc1)N1CCN(C(=O)C2CC2)CC1. The van der Waals surface area contributed by atoms with Gasteiger partial charge in [-0.25, -0.2) is 5.10 Å². The molecule has 4 aliphatic rings. The summed E-state index contributed by atoms with van der Waals surface area (Å²) in [4.78, 5) is 42.1. The molecule has 200 valence electrons. The van der Waals surface area contributed by atoms with Crippen molar-refractivity contribution in [3.63, 3.8) is 0 Å². The first-order valence-corrected chi connectivity index (χ1v) is 14.2. The van der Waals surface area contributed by atoms with Crippen molar-refractivity contribution in [2.24, 2.45) is 5.92 Å². The maximum absolute atomic E-state index is 13.3. The van der Waals surface area contributed by atoms with Gasteiger partial charge >= 0.3 is 0 Å². The van der Waals surface area contributed by atoms with Crippen molar-refractivity contribution in [3.05, 3.63) is 98.5 Å². The first-order valence-electron chi connectivity index (χ1n) is 14.2. The quantitative estimate of drug-likeness (QED) is 0.547. The first kappa shape index (κ1) is 24.3. The zero-order chi connectivity index (χ0) is 26.5. The Kier molecular flexibility index (Phi) is 6.07. The summed E-state index contributed by atoms with van der Waals surface area (Å²) in [5.41, 5.74) is 5.63. The minimum atomic E-state index is -0.103. The lowest BCUT2D eigenvalue weighted by Gasteiger charge is -2.41. The van der Waals surface area contributed by atoms with Gasteiger partial charge in [0.05, 0.1) is 5.69 Å². The standard InChI is InChI=1S/C31H33N5O3/c37-29-23-7-4-8-24-26(23)28(33-34-29)25(27(32-24)20-5-2-1-3-6-20)19-9-11-21(12-10-19)30(38)35-15-17-36(18-16-35)31(39)22-13-14-22/h1-3,5-6,9-12,22,24-25,27,32H,4,7-8,13-18H2,(H,34,37). The van der Waals surface area contributed by atoms with Gasteiger partial charge in [0, 0.05) is 66.8 Å². The summed E-state index contributed by atoms with van der Waals surface area (Å²) < 4.78 is 0. The molecule has 2 aliphatic heterocycles. The monoisotopic (exact) mass is 523 g/mol. The number of hydrogen-bond acceptors (Lipinski definition) is 5. The molecule has 7 rings (SSSR count). The average Bonchev–Trinajstić information content (AvgIpc) is 3.84. The van der Waals surface area contributed by atoms with E-state index >= 15 is 0 Å². The zero-order valence-electron chi connectivity index (χ0n) is 21.9. The molecular formula is C31H33N5O3. The number of rotatable bonds is 4. The third-order valence-electron chi connectivity index (χ3n) is 8.91. The van der Waals surface area contributed by atoms with Gasteiger partial charge in [-0.3, -0.25) is 14.4 Å². The summed E-state index contributed by atoms with van der Waals surface area (Å²) in [6.45, 7) is 2.35. The summed E-state index contributed by atoms with van der Waals surface area (Å²) in [6, 6.07) is 18.4. The number of aromatic nitrogens is 2. The Balaban J connectivity index is 1.17. The Hall–Kier alpha value is -3.78. The fourth-order valence-corrected chi connectivity index (χ4v) is 6.69. The van der Waals surface area contributed by atoms with Gasteiger partial charge < -0.3 is 15.1 Å². The molecule has 3 heterocycles. The van der Waals surface area contributed by atoms with Gasteiger partial charge in [-0.1, -0.05) is 42.5 Å². The smallest absolute Gasteiger partial charge is 0.267 e. The van der Waals surface area contributed by atoms with Crippen molar-refractivity contribution in [1.82, 2.24) is 25.3 Å². The highest BCUT2D eigenvalue weighted by molar-refractivity contribution is 5.94. The summed E-state index contributed by atoms with van der Waals surface area (Å²) in [7, 11) is 0. The predicted octanol–water partition coefficient (Wildman–Crippen LogP) is 3.32. The van der Waals surface area contributed by atoms with E-state index in [1.807, 2.05) is 40.1 Å². The largest absolute Gasteiger partial charge is 0.339 e. The van der Waals surface area contributed by atoms with Crippen LogP contribution in [0.5, 0.6) is 0 Å². The summed E-state index contributed by atoms with van der Waals surface area (Å²) in [6.07, 6.45) is 4.74. The van der Waals surface area contributed by atoms with Crippen LogP contribution in [0.4, 0.5) is 0 Å². The molecule has 2 amide bonds. The van der Waals surface area contributed by atoms with Crippen LogP contribution < -0.4 is 10.9 Å². The number of benzene rings is 2. The second kappa shape index (κ2) is 9.75. The molecule has 1 saturated carbocycles. The molecule has 2 N–H and O–H groups in total. The van der Waals surface area contributed by atoms with E-state index in [9.17, 15) is 14.4 Å². The third-order valence-corrected chi connectivity index (χ3v) is 8.91. The molecule has 0 bridgehead atoms. The molecule has 3 atom stereocenters. The van der Waals surface area contributed by atoms with Crippen LogP contribution in [0.25, 0.3) is 0 Å². The molecular weight excluding hydrogens is 490 g/mol. The van der Waals surface area contributed by atoms with Gasteiger partial charge in [-0.15, -0.1) is 0 Å². The molecule has 2 fully saturated rings. The number of carbonyl (C=O) groups is 2. The van der Waals surface area contributed by atoms with Crippen molar-refractivity contribution in [3.8, 4) is 0 Å². The van der Waals surface area contributed by atoms with Gasteiger partial charge in [0.1, 0.15) is 0 Å². The molecule has 0 spiro atoms. The molecule has 2 aliphatic carbocycles. The molecule has 1 aromatic heterocycles. The van der Waals surface area contributed by atoms with E-state index in [-0.39, 0.29) is 41.3 Å². The topological polar surface area (TPSA) is 98.4 Å². The van der Waals surface area contributed by atoms with Gasteiger partial charge in [-0.05, 0) is 55.4 Å². The fourth-order valence-electron chi connectivity index (χ4n) is 6.69. The van der Waals surface area contributed by atoms with Gasteiger partial charge in [0.25, 0.3) is 11.5 Å². The number of piperazine rings is 1. The summed E-state index contributed by atoms with van der Waals surface area (Å²) in [5, 5.41) is 11.3. The van der Waals surface area contributed by atoms with Crippen molar-refractivity contribution < 1.29 is 9.59 Å². The number of hydrogen-bond donors (Lipinski definition) is 2. The number of amides is 2. The Bertz CT molecular complexity index is 1460. The molecule has 8 nitrogen and oxygen atoms in total. The highest BCUT2D eigenvalue weighted by atomic mass is 16.2. The van der Waals surface area contributed by atoms with E-state index in [2.05, 4.69) is 39.8 Å². The normalized spacial score (nSPS) is 24.3. The van der Waals surface area contributed by atoms with Crippen molar-refractivity contribution >= 4 is 11.8 Å². The maximum Gasteiger partial charge on any atom is 0.267 e. The van der Waals surface area contributed by atoms with Crippen LogP contribution in [0.1, 0.15) is 82.0 Å². The molecule has 2 aromatic carbocycles. The number of carbonyl (C=O) groups excluding carboxylic acids is 2. The van der Waals surface area contributed by atoms with E-state index in [1.54, 1.807) is 0 Å². The van der Waals surface area contributed by atoms with Crippen molar-refractivity contribution in [2.45, 2.75) is 50.1 Å². The third kappa shape index (κ3) is 4.36. The van der Waals surface area contributed by atoms with Crippen LogP contribution in [-0.2, 0) is 11.2 Å². The first-order chi connectivity index (χ1) is 19.1. The average molecular weight is 524 g/mol. The Morgan fingerprint density at radius 3 is 2.28 bits per heavy atom. The molecule has 0 radical (unpaired) electrons. The van der Waals surface area contributed by atoms with Crippen LogP contribution in [0, 0.1) is 5.92 Å². The van der Waals surface area contributed by atoms with E-state index in [0.717, 1.165) is 54.5 Å². The Morgan fingerprint density at radius 2 is 1.56 bits per heavy atom. The highest BCUT2D eigenvalue weighted by Gasteiger charge is 2.41. The molecule has 3 aromatic rings. The predicted molar refractivity (Wildman–Crippen MR) is 146 cm³/mol. The lowest BCUT2D eigenvalue weighted by molar-refractivity contribution is -0.134. The van der Waals surface area contributed by atoms with Crippen LogP contribution in [0.3, 0.4) is 0 Å². The van der Waals surface area contributed by atoms with Gasteiger partial charge in [-0.2, -0.15) is 5.10 Å². The highest BCUT2D eigenvalue weighted by Crippen LogP contribution is 2.47. The van der Waals surface area contributed by atoms with Crippen molar-refractivity contribution in [2.75, 3.05) is 26.2 Å². The van der Waals surface area contributed by atoms with Crippen molar-refractivity contribution in [1.29, 1.82) is 0 Å². The Labute approximate surface area is 227 Å². The number of H-pyrrole nitrogens is 1. The van der Waals surface area contributed by atoms with E-state index in [4.69, 9.17) is 0 Å². The van der Waals surface area contributed by atoms with E-state index in [1.165, 1.54) is 5.56 Å². The van der Waals surface area contributed by atoms with Gasteiger partial charge in [0.15, 0.2) is 0 Å². The van der Waals surface area contributed by atoms with Crippen LogP contribution in [0.2, 0.25) is 0 Å². The fraction of sp³-hybridized carbons (Fsp3) is 0.419. The van der Waals surface area contributed by atoms with Crippen LogP contribution in [-0.4, -0.2) is 58.0 Å². The molecule has 39 heavy (non-hydrogen) atoms. The molecule has 3 unspecified atom stereocenters. The minimum absolute atomic E-state index is 0.000980. The minimum Gasteiger partial charge on any atom is -0.339 e. The molecule has 8 heteroatoms. The summed E-state index contributed by atoms with van der Waals surface area (Å²) in [5.74, 6) is 0.363. The number of nitrogens with zero attached hydrogens (tertiary/aromatic N) is 3. The van der Waals surface area contributed by atoms with E-state index < -0.39 is 0 Å². The lowest BCUT2D eigenvalue weighted by Crippen LogP contribution is -2.51. The summed E-state index contributed by atoms with van der Waals surface area (Å²) >= 11 is 0. The second-order valence-corrected chi connectivity index (χ2v) is 11.3. The maximum atomic E-state index is 13.3. The van der Waals surface area contributed by atoms with Crippen LogP contribution >= 0.6 is 0 Å².